The Kier molecular flexibility index (Phi) is 4.59. The third kappa shape index (κ3) is 3.10. The van der Waals surface area contributed by atoms with Gasteiger partial charge in [0, 0.05) is 39.5 Å². The molecule has 1 aliphatic rings. The second-order valence-electron chi connectivity index (χ2n) is 7.04. The Morgan fingerprint density at radius 2 is 1.54 bits per heavy atom. The monoisotopic (exact) mass is 406 g/mol. The largest absolute Gasteiger partial charge is 0.299 e. The highest BCUT2D eigenvalue weighted by atomic mass is 35.5. The van der Waals surface area contributed by atoms with Gasteiger partial charge in [-0.25, -0.2) is 10.3 Å². The van der Waals surface area contributed by atoms with E-state index in [4.69, 9.17) is 33.5 Å². The first-order valence-corrected chi connectivity index (χ1v) is 10.2. The summed E-state index contributed by atoms with van der Waals surface area (Å²) in [6, 6.07) is 20.2. The smallest absolute Gasteiger partial charge is 0.142 e. The molecule has 2 aromatic carbocycles. The highest BCUT2D eigenvalue weighted by molar-refractivity contribution is 6.31. The second kappa shape index (κ2) is 7.25. The van der Waals surface area contributed by atoms with Crippen LogP contribution in [-0.2, 0) is 0 Å². The van der Waals surface area contributed by atoms with Crippen molar-refractivity contribution in [2.24, 2.45) is 0 Å². The molecule has 1 fully saturated rings. The number of hydrogen-bond donors (Lipinski definition) is 0. The molecular weight excluding hydrogens is 389 g/mol. The van der Waals surface area contributed by atoms with Crippen molar-refractivity contribution in [3.63, 3.8) is 0 Å². The zero-order valence-electron chi connectivity index (χ0n) is 15.1. The van der Waals surface area contributed by atoms with Crippen LogP contribution in [0.2, 0.25) is 10.0 Å². The van der Waals surface area contributed by atoms with Gasteiger partial charge in [-0.1, -0.05) is 53.5 Å². The summed E-state index contributed by atoms with van der Waals surface area (Å²) in [5.41, 5.74) is 6.25. The molecule has 1 unspecified atom stereocenters. The third-order valence-corrected chi connectivity index (χ3v) is 5.76. The van der Waals surface area contributed by atoms with Gasteiger partial charge in [-0.15, -0.1) is 0 Å². The Balaban J connectivity index is 1.78. The number of rotatable bonds is 3. The van der Waals surface area contributed by atoms with E-state index in [0.717, 1.165) is 52.6 Å². The molecule has 0 amide bonds. The number of pyridine rings is 1. The molecule has 4 aromatic rings. The van der Waals surface area contributed by atoms with Crippen molar-refractivity contribution in [2.75, 3.05) is 6.54 Å². The van der Waals surface area contributed by atoms with Crippen LogP contribution >= 0.6 is 23.2 Å². The minimum Gasteiger partial charge on any atom is -0.299 e. The fourth-order valence-corrected chi connectivity index (χ4v) is 4.17. The molecule has 0 aliphatic carbocycles. The Labute approximate surface area is 173 Å². The lowest BCUT2D eigenvalue weighted by Gasteiger charge is -2.11. The molecule has 0 saturated carbocycles. The van der Waals surface area contributed by atoms with E-state index < -0.39 is 0 Å². The molecule has 28 heavy (non-hydrogen) atoms. The highest BCUT2D eigenvalue weighted by Crippen LogP contribution is 2.37. The number of halogens is 2. The van der Waals surface area contributed by atoms with Crippen molar-refractivity contribution >= 4 is 28.8 Å². The minimum atomic E-state index is 0.224. The fourth-order valence-electron chi connectivity index (χ4n) is 3.92. The lowest BCUT2D eigenvalue weighted by Crippen LogP contribution is -2.07. The maximum Gasteiger partial charge on any atom is 0.142 e. The Bertz CT molecular complexity index is 1130. The zero-order chi connectivity index (χ0) is 19.1. The minimum absolute atomic E-state index is 0.224. The van der Waals surface area contributed by atoms with Gasteiger partial charge in [-0.2, -0.15) is 0 Å². The van der Waals surface area contributed by atoms with Gasteiger partial charge in [0.05, 0.1) is 17.4 Å². The van der Waals surface area contributed by atoms with Crippen molar-refractivity contribution in [3.05, 3.63) is 82.5 Å². The number of aromatic nitrogens is 2. The maximum atomic E-state index is 6.13. The number of benzene rings is 2. The van der Waals surface area contributed by atoms with Crippen LogP contribution in [0.5, 0.6) is 0 Å². The molecule has 139 valence electrons. The molecule has 0 spiro atoms. The first-order chi connectivity index (χ1) is 13.7. The number of fused-ring (bicyclic) bond motifs is 1. The Morgan fingerprint density at radius 3 is 2.18 bits per heavy atom. The number of imidazole rings is 1. The quantitative estimate of drug-likeness (QED) is 0.386. The Hall–Kier alpha value is -2.33. The summed E-state index contributed by atoms with van der Waals surface area (Å²) in [5, 5.41) is 6.21. The van der Waals surface area contributed by atoms with Crippen LogP contribution in [0.3, 0.4) is 0 Å². The predicted molar refractivity (Wildman–Crippen MR) is 115 cm³/mol. The van der Waals surface area contributed by atoms with Crippen LogP contribution in [0.25, 0.3) is 28.2 Å². The molecule has 0 bridgehead atoms. The van der Waals surface area contributed by atoms with Crippen LogP contribution in [0.1, 0.15) is 24.4 Å². The lowest BCUT2D eigenvalue weighted by molar-refractivity contribution is 0.636. The molecule has 3 heterocycles. The molecule has 1 atom stereocenters. The van der Waals surface area contributed by atoms with Gasteiger partial charge in [0.15, 0.2) is 0 Å². The van der Waals surface area contributed by atoms with Gasteiger partial charge in [0.25, 0.3) is 0 Å². The zero-order valence-corrected chi connectivity index (χ0v) is 16.7. The van der Waals surface area contributed by atoms with E-state index >= 15 is 0 Å². The van der Waals surface area contributed by atoms with Crippen LogP contribution < -0.4 is 5.32 Å². The van der Waals surface area contributed by atoms with Crippen LogP contribution in [0.4, 0.5) is 0 Å². The molecule has 3 nitrogen and oxygen atoms in total. The molecule has 1 aliphatic heterocycles. The standard InChI is InChI=1S/C23H18Cl2N3/c24-17-9-5-15(6-10-17)21-22(16-7-11-18(25)12-8-16)28-14-2-3-19(23(28)27-21)20-4-1-13-26-20/h2-3,5-12,14,20H,1,4,13H2. The molecule has 5 rings (SSSR count). The van der Waals surface area contributed by atoms with E-state index in [0.29, 0.717) is 5.02 Å². The van der Waals surface area contributed by atoms with Crippen molar-refractivity contribution in [1.82, 2.24) is 14.7 Å². The summed E-state index contributed by atoms with van der Waals surface area (Å²) in [5.74, 6) is 0. The maximum absolute atomic E-state index is 6.13. The molecular formula is C23H18Cl2N3. The molecule has 0 N–H and O–H groups in total. The highest BCUT2D eigenvalue weighted by Gasteiger charge is 2.24. The SMILES string of the molecule is Clc1ccc(-c2nc3c(C4CCC[N]4)cccn3c2-c2ccc(Cl)cc2)cc1. The van der Waals surface area contributed by atoms with Crippen LogP contribution in [0, 0.1) is 0 Å². The fraction of sp³-hybridized carbons (Fsp3) is 0.174. The van der Waals surface area contributed by atoms with E-state index in [9.17, 15) is 0 Å². The summed E-state index contributed by atoms with van der Waals surface area (Å²) >= 11 is 12.2. The predicted octanol–water partition coefficient (Wildman–Crippen LogP) is 6.41. The van der Waals surface area contributed by atoms with E-state index in [1.165, 1.54) is 5.56 Å². The molecule has 2 aromatic heterocycles. The third-order valence-electron chi connectivity index (χ3n) is 5.26. The average Bonchev–Trinajstić information content (AvgIpc) is 3.37. The molecule has 1 saturated heterocycles. The van der Waals surface area contributed by atoms with Crippen LogP contribution in [-0.4, -0.2) is 15.9 Å². The summed E-state index contributed by atoms with van der Waals surface area (Å²) in [6.07, 6.45) is 4.30. The van der Waals surface area contributed by atoms with E-state index in [2.05, 4.69) is 22.7 Å². The summed E-state index contributed by atoms with van der Waals surface area (Å²) in [6.45, 7) is 0.931. The van der Waals surface area contributed by atoms with Gasteiger partial charge in [0.2, 0.25) is 0 Å². The summed E-state index contributed by atoms with van der Waals surface area (Å²) in [4.78, 5) is 5.08. The summed E-state index contributed by atoms with van der Waals surface area (Å²) < 4.78 is 2.18. The van der Waals surface area contributed by atoms with Crippen molar-refractivity contribution in [3.8, 4) is 22.5 Å². The number of hydrogen-bond acceptors (Lipinski definition) is 1. The van der Waals surface area contributed by atoms with Crippen molar-refractivity contribution < 1.29 is 0 Å². The van der Waals surface area contributed by atoms with Gasteiger partial charge in [0.1, 0.15) is 5.65 Å². The average molecular weight is 407 g/mol. The number of nitrogens with zero attached hydrogens (tertiary/aromatic N) is 3. The van der Waals surface area contributed by atoms with E-state index in [1.54, 1.807) is 0 Å². The topological polar surface area (TPSA) is 31.4 Å². The van der Waals surface area contributed by atoms with E-state index in [1.807, 2.05) is 48.5 Å². The summed E-state index contributed by atoms with van der Waals surface area (Å²) in [7, 11) is 0. The van der Waals surface area contributed by atoms with Gasteiger partial charge in [-0.3, -0.25) is 4.40 Å². The Morgan fingerprint density at radius 1 is 0.857 bits per heavy atom. The van der Waals surface area contributed by atoms with Gasteiger partial charge >= 0.3 is 0 Å². The molecule has 1 radical (unpaired) electrons. The lowest BCUT2D eigenvalue weighted by atomic mass is 10.0. The van der Waals surface area contributed by atoms with Crippen molar-refractivity contribution in [1.29, 1.82) is 0 Å². The normalized spacial score (nSPS) is 16.7. The first kappa shape index (κ1) is 17.7. The van der Waals surface area contributed by atoms with E-state index in [-0.39, 0.29) is 6.04 Å². The van der Waals surface area contributed by atoms with Crippen molar-refractivity contribution in [2.45, 2.75) is 18.9 Å². The first-order valence-electron chi connectivity index (χ1n) is 9.40. The molecule has 5 heteroatoms. The second-order valence-corrected chi connectivity index (χ2v) is 7.92. The van der Waals surface area contributed by atoms with Gasteiger partial charge in [-0.05, 0) is 43.2 Å². The van der Waals surface area contributed by atoms with Gasteiger partial charge < -0.3 is 0 Å². The van der Waals surface area contributed by atoms with Crippen LogP contribution in [0.15, 0.2) is 66.9 Å².